The number of nitrogens with zero attached hydrogens (tertiary/aromatic N) is 3. The van der Waals surface area contributed by atoms with Gasteiger partial charge >= 0.3 is 0 Å². The number of methoxy groups -OCH3 is 2. The van der Waals surface area contributed by atoms with Gasteiger partial charge in [-0.1, -0.05) is 12.1 Å². The molecule has 1 aliphatic rings. The van der Waals surface area contributed by atoms with Crippen LogP contribution in [0.2, 0.25) is 0 Å². The zero-order valence-electron chi connectivity index (χ0n) is 18.0. The van der Waals surface area contributed by atoms with Crippen molar-refractivity contribution in [3.63, 3.8) is 0 Å². The van der Waals surface area contributed by atoms with Gasteiger partial charge in [0.2, 0.25) is 0 Å². The van der Waals surface area contributed by atoms with E-state index in [1.165, 1.54) is 12.1 Å². The van der Waals surface area contributed by atoms with Crippen LogP contribution in [0.5, 0.6) is 11.5 Å². The van der Waals surface area contributed by atoms with Gasteiger partial charge in [-0.05, 0) is 55.0 Å². The number of aliphatic imine (C=N–C) groups is 1. The summed E-state index contributed by atoms with van der Waals surface area (Å²) in [5.41, 5.74) is 4.36. The largest absolute Gasteiger partial charge is 0.493 e. The molecule has 4 aromatic rings. The van der Waals surface area contributed by atoms with Crippen LogP contribution in [0, 0.1) is 12.7 Å². The summed E-state index contributed by atoms with van der Waals surface area (Å²) in [6.45, 7) is 1.94. The smallest absolute Gasteiger partial charge is 0.161 e. The van der Waals surface area contributed by atoms with E-state index in [-0.39, 0.29) is 11.9 Å². The molecule has 0 amide bonds. The van der Waals surface area contributed by atoms with E-state index >= 15 is 0 Å². The van der Waals surface area contributed by atoms with E-state index in [2.05, 4.69) is 0 Å². The van der Waals surface area contributed by atoms with Crippen molar-refractivity contribution in [3.8, 4) is 22.6 Å². The molecule has 0 spiro atoms. The van der Waals surface area contributed by atoms with Gasteiger partial charge in [0.1, 0.15) is 17.6 Å². The fourth-order valence-electron chi connectivity index (χ4n) is 4.16. The minimum absolute atomic E-state index is 0.159. The molecule has 162 valence electrons. The quantitative estimate of drug-likeness (QED) is 0.405. The molecule has 7 heteroatoms. The topological polar surface area (TPSA) is 61.8 Å². The number of halogens is 1. The van der Waals surface area contributed by atoms with Crippen LogP contribution in [0.25, 0.3) is 11.1 Å². The molecule has 5 rings (SSSR count). The van der Waals surface area contributed by atoms with Crippen LogP contribution in [0.15, 0.2) is 70.3 Å². The SMILES string of the molecule is COc1ccc(C2=Nc3c(-c4ccc(F)cc4)c(C)nn3[C@H](c3ccco3)C2)cc1OC. The molecule has 0 saturated heterocycles. The third-order valence-corrected chi connectivity index (χ3v) is 5.70. The number of aryl methyl sites for hydroxylation is 1. The third kappa shape index (κ3) is 3.36. The van der Waals surface area contributed by atoms with Crippen molar-refractivity contribution in [3.05, 3.63) is 83.7 Å². The number of benzene rings is 2. The predicted octanol–water partition coefficient (Wildman–Crippen LogP) is 5.72. The highest BCUT2D eigenvalue weighted by atomic mass is 19.1. The lowest BCUT2D eigenvalue weighted by Crippen LogP contribution is -2.21. The van der Waals surface area contributed by atoms with Gasteiger partial charge in [-0.15, -0.1) is 0 Å². The van der Waals surface area contributed by atoms with Gasteiger partial charge in [-0.3, -0.25) is 0 Å². The minimum Gasteiger partial charge on any atom is -0.493 e. The average Bonchev–Trinajstić information content (AvgIpc) is 3.46. The van der Waals surface area contributed by atoms with Gasteiger partial charge in [0.05, 0.1) is 31.9 Å². The molecular weight excluding hydrogens is 409 g/mol. The van der Waals surface area contributed by atoms with Crippen molar-refractivity contribution in [2.75, 3.05) is 14.2 Å². The number of ether oxygens (including phenoxy) is 2. The third-order valence-electron chi connectivity index (χ3n) is 5.70. The maximum atomic E-state index is 13.5. The first-order valence-corrected chi connectivity index (χ1v) is 10.3. The summed E-state index contributed by atoms with van der Waals surface area (Å²) in [5, 5.41) is 4.79. The second-order valence-corrected chi connectivity index (χ2v) is 7.60. The molecule has 0 radical (unpaired) electrons. The van der Waals surface area contributed by atoms with Crippen molar-refractivity contribution in [2.24, 2.45) is 4.99 Å². The van der Waals surface area contributed by atoms with Crippen molar-refractivity contribution >= 4 is 11.5 Å². The molecule has 1 atom stereocenters. The molecule has 6 nitrogen and oxygen atoms in total. The Kier molecular flexibility index (Phi) is 5.01. The van der Waals surface area contributed by atoms with Crippen LogP contribution in [-0.2, 0) is 0 Å². The Labute approximate surface area is 184 Å². The Hall–Kier alpha value is -3.87. The maximum Gasteiger partial charge on any atom is 0.161 e. The monoisotopic (exact) mass is 431 g/mol. The Bertz CT molecular complexity index is 1290. The molecule has 3 heterocycles. The normalized spacial score (nSPS) is 15.2. The Morgan fingerprint density at radius 1 is 1.00 bits per heavy atom. The summed E-state index contributed by atoms with van der Waals surface area (Å²) in [6.07, 6.45) is 2.26. The average molecular weight is 431 g/mol. The molecule has 1 aliphatic heterocycles. The van der Waals surface area contributed by atoms with E-state index in [9.17, 15) is 4.39 Å². The minimum atomic E-state index is -0.282. The van der Waals surface area contributed by atoms with Crippen LogP contribution >= 0.6 is 0 Å². The lowest BCUT2D eigenvalue weighted by atomic mass is 9.98. The fraction of sp³-hybridized carbons (Fsp3) is 0.200. The van der Waals surface area contributed by atoms with Gasteiger partial charge in [-0.2, -0.15) is 5.10 Å². The number of aromatic nitrogens is 2. The molecule has 0 fully saturated rings. The van der Waals surface area contributed by atoms with E-state index < -0.39 is 0 Å². The Balaban J connectivity index is 1.70. The molecule has 0 unspecified atom stereocenters. The first-order chi connectivity index (χ1) is 15.6. The summed E-state index contributed by atoms with van der Waals surface area (Å²) in [5.74, 6) is 2.52. The van der Waals surface area contributed by atoms with Crippen LogP contribution in [0.4, 0.5) is 10.2 Å². The highest BCUT2D eigenvalue weighted by molar-refractivity contribution is 6.04. The molecule has 0 N–H and O–H groups in total. The Morgan fingerprint density at radius 3 is 2.44 bits per heavy atom. The summed E-state index contributed by atoms with van der Waals surface area (Å²) in [4.78, 5) is 5.01. The summed E-state index contributed by atoms with van der Waals surface area (Å²) >= 11 is 0. The summed E-state index contributed by atoms with van der Waals surface area (Å²) in [7, 11) is 3.22. The maximum absolute atomic E-state index is 13.5. The molecule has 0 bridgehead atoms. The van der Waals surface area contributed by atoms with Gasteiger partial charge < -0.3 is 13.9 Å². The van der Waals surface area contributed by atoms with Crippen LogP contribution < -0.4 is 9.47 Å². The predicted molar refractivity (Wildman–Crippen MR) is 120 cm³/mol. The van der Waals surface area contributed by atoms with E-state index in [4.69, 9.17) is 24.0 Å². The Morgan fingerprint density at radius 2 is 1.75 bits per heavy atom. The van der Waals surface area contributed by atoms with Crippen molar-refractivity contribution in [1.82, 2.24) is 9.78 Å². The number of fused-ring (bicyclic) bond motifs is 1. The molecule has 32 heavy (non-hydrogen) atoms. The van der Waals surface area contributed by atoms with Crippen LogP contribution in [0.1, 0.15) is 29.5 Å². The van der Waals surface area contributed by atoms with Crippen molar-refractivity contribution < 1.29 is 18.3 Å². The molecular formula is C25H22FN3O3. The van der Waals surface area contributed by atoms with Gasteiger partial charge in [0.25, 0.3) is 0 Å². The molecule has 0 aliphatic carbocycles. The fourth-order valence-corrected chi connectivity index (χ4v) is 4.16. The first kappa shape index (κ1) is 20.1. The highest BCUT2D eigenvalue weighted by Crippen LogP contribution is 2.42. The van der Waals surface area contributed by atoms with Gasteiger partial charge in [0.15, 0.2) is 17.3 Å². The zero-order chi connectivity index (χ0) is 22.2. The number of hydrogen-bond donors (Lipinski definition) is 0. The van der Waals surface area contributed by atoms with Gasteiger partial charge in [-0.25, -0.2) is 14.1 Å². The van der Waals surface area contributed by atoms with E-state index in [0.717, 1.165) is 33.9 Å². The lowest BCUT2D eigenvalue weighted by Gasteiger charge is -2.24. The summed E-state index contributed by atoms with van der Waals surface area (Å²) in [6, 6.07) is 15.8. The second kappa shape index (κ2) is 8.00. The molecule has 2 aromatic heterocycles. The standard InChI is InChI=1S/C25H22FN3O3/c1-15-24(16-6-9-18(26)10-7-16)25-27-19(17-8-11-22(30-2)23(13-17)31-3)14-20(29(25)28-15)21-5-4-12-32-21/h4-13,20H,14H2,1-3H3/t20-/m0/s1. The van der Waals surface area contributed by atoms with Gasteiger partial charge in [0, 0.05) is 17.5 Å². The second-order valence-electron chi connectivity index (χ2n) is 7.60. The van der Waals surface area contributed by atoms with E-state index in [1.807, 2.05) is 41.9 Å². The lowest BCUT2D eigenvalue weighted by molar-refractivity contribution is 0.355. The number of hydrogen-bond acceptors (Lipinski definition) is 5. The van der Waals surface area contributed by atoms with Crippen LogP contribution in [-0.4, -0.2) is 29.7 Å². The number of rotatable bonds is 5. The summed E-state index contributed by atoms with van der Waals surface area (Å²) < 4.78 is 32.1. The van der Waals surface area contributed by atoms with Crippen molar-refractivity contribution in [1.29, 1.82) is 0 Å². The van der Waals surface area contributed by atoms with E-state index in [0.29, 0.717) is 23.7 Å². The first-order valence-electron chi connectivity index (χ1n) is 10.3. The van der Waals surface area contributed by atoms with Crippen LogP contribution in [0.3, 0.4) is 0 Å². The van der Waals surface area contributed by atoms with Crippen molar-refractivity contribution in [2.45, 2.75) is 19.4 Å². The molecule has 0 saturated carbocycles. The number of furan rings is 1. The van der Waals surface area contributed by atoms with E-state index in [1.54, 1.807) is 32.6 Å². The zero-order valence-corrected chi connectivity index (χ0v) is 18.0. The highest BCUT2D eigenvalue weighted by Gasteiger charge is 2.31. The molecule has 2 aromatic carbocycles.